The lowest BCUT2D eigenvalue weighted by Crippen LogP contribution is -2.32. The largest absolute Gasteiger partial charge is 0.452 e. The van der Waals surface area contributed by atoms with Crippen molar-refractivity contribution in [2.75, 3.05) is 13.2 Å². The monoisotopic (exact) mass is 401 g/mol. The fourth-order valence-corrected chi connectivity index (χ4v) is 3.28. The molecule has 0 saturated carbocycles. The first-order valence-electron chi connectivity index (χ1n) is 10.4. The molecule has 1 amide bonds. The van der Waals surface area contributed by atoms with E-state index in [4.69, 9.17) is 4.74 Å². The van der Waals surface area contributed by atoms with Crippen molar-refractivity contribution in [3.05, 3.63) is 39.8 Å². The van der Waals surface area contributed by atoms with E-state index in [9.17, 15) is 14.4 Å². The van der Waals surface area contributed by atoms with Crippen molar-refractivity contribution >= 4 is 22.9 Å². The number of rotatable bonds is 10. The Labute approximate surface area is 171 Å². The molecule has 1 heterocycles. The van der Waals surface area contributed by atoms with Gasteiger partial charge in [-0.2, -0.15) is 0 Å². The summed E-state index contributed by atoms with van der Waals surface area (Å²) in [6.07, 6.45) is 4.37. The Kier molecular flexibility index (Phi) is 8.36. The van der Waals surface area contributed by atoms with Gasteiger partial charge >= 0.3 is 5.97 Å². The molecule has 7 nitrogen and oxygen atoms in total. The number of unbranched alkanes of at least 4 members (excludes halogenated alkanes) is 1. The summed E-state index contributed by atoms with van der Waals surface area (Å²) in [5.74, 6) is -0.447. The maximum atomic E-state index is 12.3. The van der Waals surface area contributed by atoms with Crippen molar-refractivity contribution in [2.45, 2.75) is 59.9 Å². The standard InChI is InChI=1S/C22H31N3O4/c1-5-8-9-16(6-2)13-23-20(26)14-29-22(28)17-10-11-19-18(12-17)24-15(4)21(27)25(19)7-3/h10-12,16H,5-9,13-14H2,1-4H3,(H,23,26)/t16-/m1/s1. The average Bonchev–Trinajstić information content (AvgIpc) is 2.72. The smallest absolute Gasteiger partial charge is 0.338 e. The minimum Gasteiger partial charge on any atom is -0.452 e. The molecule has 2 rings (SSSR count). The van der Waals surface area contributed by atoms with Gasteiger partial charge in [-0.25, -0.2) is 9.78 Å². The number of ether oxygens (including phenoxy) is 1. The molecule has 0 spiro atoms. The number of nitrogens with zero attached hydrogens (tertiary/aromatic N) is 2. The number of fused-ring (bicyclic) bond motifs is 1. The molecule has 29 heavy (non-hydrogen) atoms. The average molecular weight is 402 g/mol. The third kappa shape index (κ3) is 5.89. The van der Waals surface area contributed by atoms with E-state index in [2.05, 4.69) is 24.1 Å². The van der Waals surface area contributed by atoms with E-state index < -0.39 is 5.97 Å². The van der Waals surface area contributed by atoms with E-state index in [1.807, 2.05) is 6.92 Å². The van der Waals surface area contributed by atoms with Crippen LogP contribution in [-0.4, -0.2) is 34.6 Å². The summed E-state index contributed by atoms with van der Waals surface area (Å²) in [6, 6.07) is 4.86. The molecule has 7 heteroatoms. The van der Waals surface area contributed by atoms with Gasteiger partial charge in [-0.1, -0.05) is 33.1 Å². The van der Waals surface area contributed by atoms with Gasteiger partial charge in [0.15, 0.2) is 6.61 Å². The Morgan fingerprint density at radius 2 is 2.00 bits per heavy atom. The molecule has 0 saturated heterocycles. The zero-order valence-electron chi connectivity index (χ0n) is 17.8. The molecule has 0 aliphatic rings. The van der Waals surface area contributed by atoms with Crippen LogP contribution >= 0.6 is 0 Å². The molecule has 0 bridgehead atoms. The lowest BCUT2D eigenvalue weighted by atomic mass is 9.99. The first-order chi connectivity index (χ1) is 13.9. The predicted octanol–water partition coefficient (Wildman–Crippen LogP) is 3.21. The van der Waals surface area contributed by atoms with Crippen LogP contribution in [0.25, 0.3) is 11.0 Å². The number of amides is 1. The summed E-state index contributed by atoms with van der Waals surface area (Å²) in [6.45, 7) is 8.58. The number of carbonyl (C=O) groups excluding carboxylic acids is 2. The second-order valence-electron chi connectivity index (χ2n) is 7.25. The van der Waals surface area contributed by atoms with E-state index >= 15 is 0 Å². The first kappa shape index (κ1) is 22.6. The van der Waals surface area contributed by atoms with Gasteiger partial charge in [-0.3, -0.25) is 9.59 Å². The third-order valence-corrected chi connectivity index (χ3v) is 5.13. The SMILES string of the molecule is CCCC[C@@H](CC)CNC(=O)COC(=O)c1ccc2c(c1)nc(C)c(=O)n2CC. The van der Waals surface area contributed by atoms with Crippen LogP contribution in [0.2, 0.25) is 0 Å². The highest BCUT2D eigenvalue weighted by molar-refractivity contribution is 5.94. The summed E-state index contributed by atoms with van der Waals surface area (Å²) < 4.78 is 6.76. The van der Waals surface area contributed by atoms with E-state index in [0.29, 0.717) is 41.3 Å². The van der Waals surface area contributed by atoms with Gasteiger partial charge in [0.2, 0.25) is 0 Å². The van der Waals surface area contributed by atoms with Gasteiger partial charge < -0.3 is 14.6 Å². The number of hydrogen-bond acceptors (Lipinski definition) is 5. The molecule has 0 unspecified atom stereocenters. The Morgan fingerprint density at radius 3 is 2.66 bits per heavy atom. The van der Waals surface area contributed by atoms with Crippen molar-refractivity contribution in [2.24, 2.45) is 5.92 Å². The van der Waals surface area contributed by atoms with E-state index in [1.165, 1.54) is 0 Å². The van der Waals surface area contributed by atoms with Crippen LogP contribution in [0.1, 0.15) is 62.5 Å². The fraction of sp³-hybridized carbons (Fsp3) is 0.545. The Bertz CT molecular complexity index is 920. The summed E-state index contributed by atoms with van der Waals surface area (Å²) >= 11 is 0. The Balaban J connectivity index is 1.98. The molecule has 1 aromatic carbocycles. The van der Waals surface area contributed by atoms with Gasteiger partial charge in [-0.05, 0) is 44.4 Å². The summed E-state index contributed by atoms with van der Waals surface area (Å²) in [5, 5.41) is 2.84. The predicted molar refractivity (Wildman–Crippen MR) is 113 cm³/mol. The summed E-state index contributed by atoms with van der Waals surface area (Å²) in [5.41, 5.74) is 1.74. The quantitative estimate of drug-likeness (QED) is 0.618. The van der Waals surface area contributed by atoms with Crippen LogP contribution in [0.3, 0.4) is 0 Å². The maximum absolute atomic E-state index is 12.3. The molecule has 0 fully saturated rings. The van der Waals surface area contributed by atoms with Crippen molar-refractivity contribution < 1.29 is 14.3 Å². The van der Waals surface area contributed by atoms with Crippen molar-refractivity contribution in [3.8, 4) is 0 Å². The third-order valence-electron chi connectivity index (χ3n) is 5.13. The molecular formula is C22H31N3O4. The van der Waals surface area contributed by atoms with Crippen LogP contribution < -0.4 is 10.9 Å². The number of carbonyl (C=O) groups is 2. The molecule has 2 aromatic rings. The van der Waals surface area contributed by atoms with E-state index in [0.717, 1.165) is 25.7 Å². The number of aryl methyl sites for hydroxylation is 2. The van der Waals surface area contributed by atoms with Crippen LogP contribution in [0.4, 0.5) is 0 Å². The normalized spacial score (nSPS) is 12.0. The zero-order chi connectivity index (χ0) is 21.4. The number of esters is 1. The van der Waals surface area contributed by atoms with Crippen molar-refractivity contribution in [3.63, 3.8) is 0 Å². The topological polar surface area (TPSA) is 90.3 Å². The van der Waals surface area contributed by atoms with Crippen molar-refractivity contribution in [1.82, 2.24) is 14.9 Å². The van der Waals surface area contributed by atoms with Gasteiger partial charge in [-0.15, -0.1) is 0 Å². The second kappa shape index (κ2) is 10.7. The molecule has 1 atom stereocenters. The Hall–Kier alpha value is -2.70. The highest BCUT2D eigenvalue weighted by atomic mass is 16.5. The molecule has 0 aliphatic heterocycles. The maximum Gasteiger partial charge on any atom is 0.338 e. The zero-order valence-corrected chi connectivity index (χ0v) is 17.8. The Morgan fingerprint density at radius 1 is 1.24 bits per heavy atom. The minimum absolute atomic E-state index is 0.142. The van der Waals surface area contributed by atoms with Crippen LogP contribution in [0.15, 0.2) is 23.0 Å². The molecule has 1 N–H and O–H groups in total. The van der Waals surface area contributed by atoms with Crippen LogP contribution in [-0.2, 0) is 16.1 Å². The van der Waals surface area contributed by atoms with Crippen LogP contribution in [0, 0.1) is 12.8 Å². The molecule has 0 aliphatic carbocycles. The second-order valence-corrected chi connectivity index (χ2v) is 7.25. The molecular weight excluding hydrogens is 370 g/mol. The van der Waals surface area contributed by atoms with Crippen LogP contribution in [0.5, 0.6) is 0 Å². The van der Waals surface area contributed by atoms with Gasteiger partial charge in [0.05, 0.1) is 16.6 Å². The number of aromatic nitrogens is 2. The first-order valence-corrected chi connectivity index (χ1v) is 10.4. The number of hydrogen-bond donors (Lipinski definition) is 1. The summed E-state index contributed by atoms with van der Waals surface area (Å²) in [4.78, 5) is 40.8. The lowest BCUT2D eigenvalue weighted by molar-refractivity contribution is -0.124. The molecule has 1 aromatic heterocycles. The number of nitrogens with one attached hydrogen (secondary N) is 1. The van der Waals surface area contributed by atoms with Gasteiger partial charge in [0, 0.05) is 13.1 Å². The van der Waals surface area contributed by atoms with Crippen molar-refractivity contribution in [1.29, 1.82) is 0 Å². The van der Waals surface area contributed by atoms with Gasteiger partial charge in [0.25, 0.3) is 11.5 Å². The highest BCUT2D eigenvalue weighted by Gasteiger charge is 2.14. The lowest BCUT2D eigenvalue weighted by Gasteiger charge is -2.15. The van der Waals surface area contributed by atoms with E-state index in [1.54, 1.807) is 29.7 Å². The summed E-state index contributed by atoms with van der Waals surface area (Å²) in [7, 11) is 0. The molecule has 0 radical (unpaired) electrons. The van der Waals surface area contributed by atoms with Gasteiger partial charge in [0.1, 0.15) is 5.69 Å². The molecule has 158 valence electrons. The minimum atomic E-state index is -0.589. The highest BCUT2D eigenvalue weighted by Crippen LogP contribution is 2.14. The number of benzene rings is 1. The van der Waals surface area contributed by atoms with E-state index in [-0.39, 0.29) is 18.1 Å². The fourth-order valence-electron chi connectivity index (χ4n) is 3.28.